The first-order valence-corrected chi connectivity index (χ1v) is 12.2. The number of hydrogen-bond donors (Lipinski definition) is 3. The van der Waals surface area contributed by atoms with Gasteiger partial charge in [-0.1, -0.05) is 27.7 Å². The van der Waals surface area contributed by atoms with Gasteiger partial charge in [-0.3, -0.25) is 0 Å². The molecule has 4 aliphatic carbocycles. The molecule has 0 spiro atoms. The first-order valence-electron chi connectivity index (χ1n) is 12.2. The fourth-order valence-corrected chi connectivity index (χ4v) is 8.27. The molecule has 0 aliphatic heterocycles. The third-order valence-electron chi connectivity index (χ3n) is 10.3. The van der Waals surface area contributed by atoms with Crippen molar-refractivity contribution >= 4 is 0 Å². The lowest BCUT2D eigenvalue weighted by Gasteiger charge is -2.62. The van der Waals surface area contributed by atoms with E-state index in [1.807, 2.05) is 0 Å². The molecule has 0 aromatic heterocycles. The molecule has 162 valence electrons. The van der Waals surface area contributed by atoms with Crippen molar-refractivity contribution in [3.05, 3.63) is 0 Å². The van der Waals surface area contributed by atoms with Crippen LogP contribution in [0.4, 0.5) is 0 Å². The van der Waals surface area contributed by atoms with Crippen molar-refractivity contribution in [1.82, 2.24) is 5.32 Å². The van der Waals surface area contributed by atoms with E-state index in [1.54, 1.807) is 0 Å². The molecule has 4 aliphatic rings. The summed E-state index contributed by atoms with van der Waals surface area (Å²) in [5, 5.41) is 24.7. The molecule has 3 N–H and O–H groups in total. The van der Waals surface area contributed by atoms with E-state index in [9.17, 15) is 10.2 Å². The number of aliphatic hydroxyl groups excluding tert-OH is 1. The molecule has 3 nitrogen and oxygen atoms in total. The highest BCUT2D eigenvalue weighted by Gasteiger charge is 2.60. The van der Waals surface area contributed by atoms with E-state index in [2.05, 4.69) is 39.9 Å². The van der Waals surface area contributed by atoms with Crippen LogP contribution in [0, 0.1) is 40.4 Å². The molecule has 4 saturated carbocycles. The van der Waals surface area contributed by atoms with E-state index < -0.39 is 5.60 Å². The Hall–Kier alpha value is -0.120. The van der Waals surface area contributed by atoms with Crippen LogP contribution in [0.2, 0.25) is 0 Å². The van der Waals surface area contributed by atoms with E-state index in [1.165, 1.54) is 44.9 Å². The second kappa shape index (κ2) is 7.24. The van der Waals surface area contributed by atoms with Gasteiger partial charge in [0.1, 0.15) is 0 Å². The maximum Gasteiger partial charge on any atom is 0.0687 e. The fraction of sp³-hybridized carbons (Fsp3) is 1.00. The predicted molar refractivity (Wildman–Crippen MR) is 115 cm³/mol. The molecular formula is C25H45NO2. The summed E-state index contributed by atoms with van der Waals surface area (Å²) >= 11 is 0. The molecule has 4 rings (SSSR count). The standard InChI is InChI=1S/C25H45NO2/c1-16(2)21(27)15-26-22-9-8-19-18-7-6-17-14-23(3,28)12-13-24(17,4)20(18)10-11-25(19,22)5/h16-22,26-28H,6-15H2,1-5H3/t17-,18?,19?,20?,21?,22-,23-,24-,25-/m0/s1. The summed E-state index contributed by atoms with van der Waals surface area (Å²) < 4.78 is 0. The Morgan fingerprint density at radius 2 is 1.61 bits per heavy atom. The van der Waals surface area contributed by atoms with Gasteiger partial charge >= 0.3 is 0 Å². The Morgan fingerprint density at radius 3 is 2.32 bits per heavy atom. The molecule has 0 aromatic rings. The number of fused-ring (bicyclic) bond motifs is 5. The summed E-state index contributed by atoms with van der Waals surface area (Å²) in [4.78, 5) is 0. The SMILES string of the molecule is CC(C)C(O)CN[C@H]1CCC2C3CC[C@H]4C[C@@](C)(O)CC[C@]4(C)C3CC[C@@]21C. The monoisotopic (exact) mass is 391 g/mol. The van der Waals surface area contributed by atoms with Crippen LogP contribution in [-0.2, 0) is 0 Å². The first kappa shape index (κ1) is 21.1. The van der Waals surface area contributed by atoms with Crippen LogP contribution in [0.1, 0.15) is 92.4 Å². The summed E-state index contributed by atoms with van der Waals surface area (Å²) in [5.74, 6) is 3.64. The topological polar surface area (TPSA) is 52.5 Å². The molecular weight excluding hydrogens is 346 g/mol. The molecule has 0 bridgehead atoms. The van der Waals surface area contributed by atoms with Crippen molar-refractivity contribution in [1.29, 1.82) is 0 Å². The molecule has 0 saturated heterocycles. The molecule has 28 heavy (non-hydrogen) atoms. The van der Waals surface area contributed by atoms with Crippen LogP contribution in [-0.4, -0.2) is 34.5 Å². The molecule has 4 fully saturated rings. The Balaban J connectivity index is 1.48. The minimum Gasteiger partial charge on any atom is -0.392 e. The Kier molecular flexibility index (Phi) is 5.46. The van der Waals surface area contributed by atoms with E-state index in [0.29, 0.717) is 22.8 Å². The summed E-state index contributed by atoms with van der Waals surface area (Å²) in [7, 11) is 0. The second-order valence-corrected chi connectivity index (χ2v) is 12.3. The van der Waals surface area contributed by atoms with E-state index >= 15 is 0 Å². The molecule has 0 radical (unpaired) electrons. The molecule has 9 atom stereocenters. The minimum atomic E-state index is -0.431. The number of nitrogens with one attached hydrogen (secondary N) is 1. The lowest BCUT2D eigenvalue weighted by atomic mass is 9.44. The van der Waals surface area contributed by atoms with Crippen molar-refractivity contribution < 1.29 is 10.2 Å². The van der Waals surface area contributed by atoms with Crippen molar-refractivity contribution in [2.75, 3.05) is 6.54 Å². The van der Waals surface area contributed by atoms with Crippen LogP contribution in [0.15, 0.2) is 0 Å². The van der Waals surface area contributed by atoms with Gasteiger partial charge in [-0.15, -0.1) is 0 Å². The largest absolute Gasteiger partial charge is 0.392 e. The van der Waals surface area contributed by atoms with Crippen LogP contribution in [0.3, 0.4) is 0 Å². The van der Waals surface area contributed by atoms with Gasteiger partial charge in [-0.2, -0.15) is 0 Å². The highest BCUT2D eigenvalue weighted by molar-refractivity contribution is 5.11. The molecule has 0 heterocycles. The lowest BCUT2D eigenvalue weighted by Crippen LogP contribution is -2.57. The Bertz CT molecular complexity index is 575. The zero-order chi connectivity index (χ0) is 20.3. The van der Waals surface area contributed by atoms with Gasteiger partial charge in [0.15, 0.2) is 0 Å². The maximum absolute atomic E-state index is 10.7. The lowest BCUT2D eigenvalue weighted by molar-refractivity contribution is -0.144. The summed E-state index contributed by atoms with van der Waals surface area (Å²) in [6.07, 6.45) is 11.1. The highest BCUT2D eigenvalue weighted by atomic mass is 16.3. The van der Waals surface area contributed by atoms with Gasteiger partial charge in [0.2, 0.25) is 0 Å². The van der Waals surface area contributed by atoms with E-state index in [-0.39, 0.29) is 6.10 Å². The third kappa shape index (κ3) is 3.38. The van der Waals surface area contributed by atoms with Gasteiger partial charge in [0.05, 0.1) is 11.7 Å². The molecule has 4 unspecified atom stereocenters. The minimum absolute atomic E-state index is 0.233. The average molecular weight is 392 g/mol. The van der Waals surface area contributed by atoms with Crippen LogP contribution < -0.4 is 5.32 Å². The molecule has 3 heteroatoms. The van der Waals surface area contributed by atoms with Crippen molar-refractivity contribution in [2.24, 2.45) is 40.4 Å². The summed E-state index contributed by atoms with van der Waals surface area (Å²) in [6.45, 7) is 12.2. The van der Waals surface area contributed by atoms with Crippen LogP contribution in [0.5, 0.6) is 0 Å². The zero-order valence-electron chi connectivity index (χ0n) is 19.0. The number of rotatable bonds is 4. The Labute approximate surface area is 173 Å². The fourth-order valence-electron chi connectivity index (χ4n) is 8.27. The first-order chi connectivity index (χ1) is 13.1. The van der Waals surface area contributed by atoms with Crippen molar-refractivity contribution in [2.45, 2.75) is 110 Å². The van der Waals surface area contributed by atoms with Gasteiger partial charge in [0.25, 0.3) is 0 Å². The van der Waals surface area contributed by atoms with Crippen LogP contribution in [0.25, 0.3) is 0 Å². The quantitative estimate of drug-likeness (QED) is 0.648. The smallest absolute Gasteiger partial charge is 0.0687 e. The second-order valence-electron chi connectivity index (χ2n) is 12.3. The van der Waals surface area contributed by atoms with Crippen LogP contribution >= 0.6 is 0 Å². The van der Waals surface area contributed by atoms with Gasteiger partial charge in [-0.05, 0) is 105 Å². The van der Waals surface area contributed by atoms with Crippen molar-refractivity contribution in [3.63, 3.8) is 0 Å². The molecule has 0 amide bonds. The van der Waals surface area contributed by atoms with Gasteiger partial charge < -0.3 is 15.5 Å². The average Bonchev–Trinajstić information content (AvgIpc) is 2.96. The summed E-state index contributed by atoms with van der Waals surface area (Å²) in [6, 6.07) is 0.574. The number of aliphatic hydroxyl groups is 2. The normalized spacial score (nSPS) is 52.1. The van der Waals surface area contributed by atoms with Gasteiger partial charge in [-0.25, -0.2) is 0 Å². The predicted octanol–water partition coefficient (Wildman–Crippen LogP) is 4.76. The highest BCUT2D eigenvalue weighted by Crippen LogP contribution is 2.66. The van der Waals surface area contributed by atoms with E-state index in [0.717, 1.165) is 43.1 Å². The van der Waals surface area contributed by atoms with Gasteiger partial charge in [0, 0.05) is 12.6 Å². The maximum atomic E-state index is 10.7. The van der Waals surface area contributed by atoms with E-state index in [4.69, 9.17) is 0 Å². The molecule has 0 aromatic carbocycles. The van der Waals surface area contributed by atoms with Crippen molar-refractivity contribution in [3.8, 4) is 0 Å². The third-order valence-corrected chi connectivity index (χ3v) is 10.3. The summed E-state index contributed by atoms with van der Waals surface area (Å²) in [5.41, 5.74) is 0.423. The number of hydrogen-bond acceptors (Lipinski definition) is 3. The Morgan fingerprint density at radius 1 is 0.893 bits per heavy atom. The zero-order valence-corrected chi connectivity index (χ0v) is 19.0.